The Balaban J connectivity index is 1.61. The topological polar surface area (TPSA) is 64.3 Å². The Kier molecular flexibility index (Phi) is 4.44. The van der Waals surface area contributed by atoms with Gasteiger partial charge in [-0.2, -0.15) is 5.10 Å². The molecule has 1 N–H and O–H groups in total. The molecule has 6 aromatic rings. The highest BCUT2D eigenvalue weighted by Crippen LogP contribution is 2.31. The molecule has 0 unspecified atom stereocenters. The van der Waals surface area contributed by atoms with Crippen molar-refractivity contribution in [1.29, 1.82) is 0 Å². The lowest BCUT2D eigenvalue weighted by Gasteiger charge is -2.10. The number of nitrogens with one attached hydrogen (secondary N) is 1. The van der Waals surface area contributed by atoms with Crippen LogP contribution in [0, 0.1) is 11.7 Å². The van der Waals surface area contributed by atoms with Crippen LogP contribution in [-0.2, 0) is 6.54 Å². The number of hydrogen-bond donors (Lipinski definition) is 1. The zero-order chi connectivity index (χ0) is 21.8. The van der Waals surface area contributed by atoms with E-state index in [1.165, 1.54) is 5.56 Å². The van der Waals surface area contributed by atoms with Crippen LogP contribution in [0.4, 0.5) is 0 Å². The molecule has 32 heavy (non-hydrogen) atoms. The van der Waals surface area contributed by atoms with Crippen LogP contribution < -0.4 is 0 Å². The second-order valence-corrected chi connectivity index (χ2v) is 9.05. The summed E-state index contributed by atoms with van der Waals surface area (Å²) in [5, 5.41) is 8.55. The van der Waals surface area contributed by atoms with Gasteiger partial charge in [-0.15, -0.1) is 0 Å². The Bertz CT molecular complexity index is 1690. The summed E-state index contributed by atoms with van der Waals surface area (Å²) >= 11 is 9.16. The monoisotopic (exact) mass is 500 g/mol. The number of aromatic nitrogens is 6. The fraction of sp³-hybridized carbons (Fsp3) is 0.0833. The Hall–Kier alpha value is -3.36. The summed E-state index contributed by atoms with van der Waals surface area (Å²) in [6.45, 7) is 2.56. The first-order valence-electron chi connectivity index (χ1n) is 10.2. The van der Waals surface area contributed by atoms with E-state index in [4.69, 9.17) is 22.2 Å². The third kappa shape index (κ3) is 3.06. The standard InChI is InChI=1S/C24H17BrN6S/c1-14-6-9-16(10-7-14)31-21(28-29-24(31)32)13-30-20-11-8-15(25)12-17(20)22-23(30)27-19-5-3-2-4-18(19)26-22/h2-12H,13H2,1H3,(H,29,32). The molecule has 0 atom stereocenters. The molecule has 0 saturated heterocycles. The number of halogens is 1. The number of rotatable bonds is 3. The molecule has 0 aliphatic carbocycles. The number of fused-ring (bicyclic) bond motifs is 4. The van der Waals surface area contributed by atoms with Crippen molar-refractivity contribution in [2.45, 2.75) is 13.5 Å². The van der Waals surface area contributed by atoms with Crippen molar-refractivity contribution < 1.29 is 0 Å². The van der Waals surface area contributed by atoms with E-state index in [-0.39, 0.29) is 0 Å². The molecule has 6 rings (SSSR count). The van der Waals surface area contributed by atoms with Crippen LogP contribution in [0.15, 0.2) is 71.2 Å². The van der Waals surface area contributed by atoms with E-state index >= 15 is 0 Å². The van der Waals surface area contributed by atoms with Gasteiger partial charge in [-0.05, 0) is 61.6 Å². The highest BCUT2D eigenvalue weighted by Gasteiger charge is 2.18. The van der Waals surface area contributed by atoms with E-state index in [1.807, 2.05) is 34.9 Å². The van der Waals surface area contributed by atoms with Crippen LogP contribution in [0.25, 0.3) is 38.8 Å². The number of aryl methyl sites for hydroxylation is 1. The number of para-hydroxylation sites is 2. The van der Waals surface area contributed by atoms with Crippen molar-refractivity contribution in [3.63, 3.8) is 0 Å². The molecule has 0 amide bonds. The molecular weight excluding hydrogens is 484 g/mol. The van der Waals surface area contributed by atoms with Crippen molar-refractivity contribution >= 4 is 61.2 Å². The van der Waals surface area contributed by atoms with Gasteiger partial charge in [-0.3, -0.25) is 9.67 Å². The third-order valence-electron chi connectivity index (χ3n) is 5.65. The van der Waals surface area contributed by atoms with Gasteiger partial charge in [0.2, 0.25) is 0 Å². The van der Waals surface area contributed by atoms with E-state index in [9.17, 15) is 0 Å². The van der Waals surface area contributed by atoms with Gasteiger partial charge in [0.1, 0.15) is 5.52 Å². The van der Waals surface area contributed by atoms with Crippen molar-refractivity contribution in [2.24, 2.45) is 0 Å². The molecule has 3 aromatic carbocycles. The summed E-state index contributed by atoms with van der Waals surface area (Å²) < 4.78 is 5.69. The summed E-state index contributed by atoms with van der Waals surface area (Å²) in [7, 11) is 0. The maximum absolute atomic E-state index is 5.56. The summed E-state index contributed by atoms with van der Waals surface area (Å²) in [6, 6.07) is 22.4. The van der Waals surface area contributed by atoms with Crippen molar-refractivity contribution in [3.05, 3.63) is 87.4 Å². The van der Waals surface area contributed by atoms with Gasteiger partial charge in [0, 0.05) is 15.5 Å². The summed E-state index contributed by atoms with van der Waals surface area (Å²) in [6.07, 6.45) is 0. The van der Waals surface area contributed by atoms with Gasteiger partial charge in [0.05, 0.1) is 23.1 Å². The molecule has 0 aliphatic rings. The van der Waals surface area contributed by atoms with E-state index in [1.54, 1.807) is 0 Å². The minimum absolute atomic E-state index is 0.496. The first kappa shape index (κ1) is 19.3. The van der Waals surface area contributed by atoms with Crippen LogP contribution in [-0.4, -0.2) is 29.3 Å². The van der Waals surface area contributed by atoms with Crippen molar-refractivity contribution in [3.8, 4) is 5.69 Å². The minimum atomic E-state index is 0.496. The van der Waals surface area contributed by atoms with Gasteiger partial charge in [-0.1, -0.05) is 45.8 Å². The van der Waals surface area contributed by atoms with Crippen LogP contribution >= 0.6 is 28.1 Å². The maximum atomic E-state index is 5.56. The summed E-state index contributed by atoms with van der Waals surface area (Å²) in [5.41, 5.74) is 6.65. The summed E-state index contributed by atoms with van der Waals surface area (Å²) in [5.74, 6) is 0.801. The normalized spacial score (nSPS) is 11.7. The average molecular weight is 501 g/mol. The fourth-order valence-electron chi connectivity index (χ4n) is 4.10. The van der Waals surface area contributed by atoms with E-state index in [0.29, 0.717) is 11.3 Å². The van der Waals surface area contributed by atoms with Crippen LogP contribution in [0.2, 0.25) is 0 Å². The van der Waals surface area contributed by atoms with E-state index < -0.39 is 0 Å². The molecule has 0 radical (unpaired) electrons. The van der Waals surface area contributed by atoms with Gasteiger partial charge >= 0.3 is 0 Å². The molecule has 6 nitrogen and oxygen atoms in total. The number of benzene rings is 3. The highest BCUT2D eigenvalue weighted by molar-refractivity contribution is 9.10. The van der Waals surface area contributed by atoms with Crippen LogP contribution in [0.5, 0.6) is 0 Å². The lowest BCUT2D eigenvalue weighted by atomic mass is 10.2. The van der Waals surface area contributed by atoms with E-state index in [2.05, 4.69) is 74.0 Å². The maximum Gasteiger partial charge on any atom is 0.199 e. The SMILES string of the molecule is Cc1ccc(-n2c(Cn3c4ccc(Br)cc4c4nc5ccccc5nc43)n[nH]c2=S)cc1. The lowest BCUT2D eigenvalue weighted by Crippen LogP contribution is -2.08. The predicted molar refractivity (Wildman–Crippen MR) is 133 cm³/mol. The zero-order valence-electron chi connectivity index (χ0n) is 17.1. The van der Waals surface area contributed by atoms with Gasteiger partial charge in [-0.25, -0.2) is 9.97 Å². The van der Waals surface area contributed by atoms with Gasteiger partial charge < -0.3 is 4.57 Å². The van der Waals surface area contributed by atoms with Gasteiger partial charge in [0.25, 0.3) is 0 Å². The summed E-state index contributed by atoms with van der Waals surface area (Å²) in [4.78, 5) is 9.92. The molecule has 0 saturated carbocycles. The third-order valence-corrected chi connectivity index (χ3v) is 6.41. The Morgan fingerprint density at radius 3 is 2.50 bits per heavy atom. The molecule has 0 aliphatic heterocycles. The van der Waals surface area contributed by atoms with Crippen molar-refractivity contribution in [2.75, 3.05) is 0 Å². The average Bonchev–Trinajstić information content (AvgIpc) is 3.30. The second kappa shape index (κ2) is 7.36. The Morgan fingerprint density at radius 2 is 1.72 bits per heavy atom. The number of nitrogens with zero attached hydrogens (tertiary/aromatic N) is 5. The first-order chi connectivity index (χ1) is 15.6. The molecule has 0 bridgehead atoms. The molecule has 3 aromatic heterocycles. The van der Waals surface area contributed by atoms with Crippen molar-refractivity contribution in [1.82, 2.24) is 29.3 Å². The lowest BCUT2D eigenvalue weighted by molar-refractivity contribution is 0.760. The first-order valence-corrected chi connectivity index (χ1v) is 11.4. The fourth-order valence-corrected chi connectivity index (χ4v) is 4.72. The Labute approximate surface area is 196 Å². The minimum Gasteiger partial charge on any atom is -0.316 e. The molecule has 3 heterocycles. The molecule has 8 heteroatoms. The quantitative estimate of drug-likeness (QED) is 0.298. The molecule has 156 valence electrons. The van der Waals surface area contributed by atoms with Gasteiger partial charge in [0.15, 0.2) is 16.2 Å². The molecular formula is C24H17BrN6S. The van der Waals surface area contributed by atoms with Crippen LogP contribution in [0.1, 0.15) is 11.4 Å². The Morgan fingerprint density at radius 1 is 0.969 bits per heavy atom. The smallest absolute Gasteiger partial charge is 0.199 e. The molecule has 0 fully saturated rings. The number of hydrogen-bond acceptors (Lipinski definition) is 4. The number of H-pyrrole nitrogens is 1. The predicted octanol–water partition coefficient (Wildman–Crippen LogP) is 6.10. The van der Waals surface area contributed by atoms with Crippen LogP contribution in [0.3, 0.4) is 0 Å². The van der Waals surface area contributed by atoms with E-state index in [0.717, 1.165) is 49.1 Å². The molecule has 0 spiro atoms. The second-order valence-electron chi connectivity index (χ2n) is 7.75. The zero-order valence-corrected chi connectivity index (χ0v) is 19.5. The highest BCUT2D eigenvalue weighted by atomic mass is 79.9. The largest absolute Gasteiger partial charge is 0.316 e. The number of aromatic amines is 1.